The molecule has 0 saturated carbocycles. The van der Waals surface area contributed by atoms with Gasteiger partial charge in [0.15, 0.2) is 0 Å². The summed E-state index contributed by atoms with van der Waals surface area (Å²) in [5, 5.41) is 13.7. The molecule has 12 heteroatoms. The number of amides is 6. The minimum atomic E-state index is -1.14. The van der Waals surface area contributed by atoms with Gasteiger partial charge in [-0.3, -0.25) is 28.8 Å². The molecule has 0 heterocycles. The lowest BCUT2D eigenvalue weighted by molar-refractivity contribution is -0.135. The van der Waals surface area contributed by atoms with E-state index in [9.17, 15) is 28.8 Å². The average Bonchev–Trinajstić information content (AvgIpc) is 3.02. The molecule has 2 aromatic rings. The van der Waals surface area contributed by atoms with Crippen LogP contribution in [0, 0.1) is 17.8 Å². The molecule has 5 atom stereocenters. The van der Waals surface area contributed by atoms with Crippen molar-refractivity contribution < 1.29 is 28.8 Å². The fourth-order valence-corrected chi connectivity index (χ4v) is 5.38. The van der Waals surface area contributed by atoms with Crippen molar-refractivity contribution in [3.8, 4) is 0 Å². The fraction of sp³-hybridized carbons (Fsp3) is 0.514. The third kappa shape index (κ3) is 14.5. The number of rotatable bonds is 19. The maximum atomic E-state index is 14.0. The van der Waals surface area contributed by atoms with Crippen molar-refractivity contribution in [1.29, 1.82) is 0 Å². The van der Waals surface area contributed by atoms with Crippen LogP contribution < -0.4 is 32.3 Å². The zero-order valence-electron chi connectivity index (χ0n) is 29.7. The first kappa shape index (κ1) is 40.4. The van der Waals surface area contributed by atoms with E-state index < -0.39 is 59.7 Å². The summed E-state index contributed by atoms with van der Waals surface area (Å²) in [5.41, 5.74) is 7.11. The van der Waals surface area contributed by atoms with Gasteiger partial charge in [-0.2, -0.15) is 0 Å². The first-order valence-electron chi connectivity index (χ1n) is 16.9. The van der Waals surface area contributed by atoms with Crippen LogP contribution >= 0.6 is 0 Å². The highest BCUT2D eigenvalue weighted by Crippen LogP contribution is 2.12. The second-order valence-electron chi connectivity index (χ2n) is 13.7. The summed E-state index contributed by atoms with van der Waals surface area (Å²) in [7, 11) is 0. The molecule has 0 fully saturated rings. The number of hydrogen-bond donors (Lipinski definition) is 6. The van der Waals surface area contributed by atoms with Crippen molar-refractivity contribution in [3.05, 3.63) is 71.8 Å². The molecule has 0 aliphatic carbocycles. The first-order chi connectivity index (χ1) is 23.1. The molecule has 49 heavy (non-hydrogen) atoms. The van der Waals surface area contributed by atoms with Crippen molar-refractivity contribution in [2.45, 2.75) is 104 Å². The largest absolute Gasteiger partial charge is 0.368 e. The normalized spacial score (nSPS) is 14.2. The zero-order chi connectivity index (χ0) is 36.7. The van der Waals surface area contributed by atoms with Crippen molar-refractivity contribution in [1.82, 2.24) is 26.6 Å². The summed E-state index contributed by atoms with van der Waals surface area (Å²) < 4.78 is 0. The van der Waals surface area contributed by atoms with Gasteiger partial charge in [0, 0.05) is 19.8 Å². The van der Waals surface area contributed by atoms with E-state index in [4.69, 9.17) is 5.73 Å². The highest BCUT2D eigenvalue weighted by Gasteiger charge is 2.33. The van der Waals surface area contributed by atoms with Crippen molar-refractivity contribution in [3.63, 3.8) is 0 Å². The van der Waals surface area contributed by atoms with Gasteiger partial charge in [-0.15, -0.1) is 0 Å². The number of nitrogens with two attached hydrogens (primary N) is 1. The maximum Gasteiger partial charge on any atom is 0.243 e. The summed E-state index contributed by atoms with van der Waals surface area (Å²) in [6.07, 6.45) is 0.899. The number of carbonyl (C=O) groups excluding carboxylic acids is 6. The molecule has 6 amide bonds. The van der Waals surface area contributed by atoms with Gasteiger partial charge in [0.25, 0.3) is 0 Å². The predicted molar refractivity (Wildman–Crippen MR) is 189 cm³/mol. The number of carbonyl (C=O) groups is 6. The van der Waals surface area contributed by atoms with Crippen LogP contribution in [0.2, 0.25) is 0 Å². The Kier molecular flexibility index (Phi) is 16.4. The second kappa shape index (κ2) is 19.9. The lowest BCUT2D eigenvalue weighted by Gasteiger charge is -2.29. The molecule has 0 aliphatic heterocycles. The van der Waals surface area contributed by atoms with Crippen LogP contribution in [0.3, 0.4) is 0 Å². The van der Waals surface area contributed by atoms with Crippen LogP contribution in [0.25, 0.3) is 0 Å². The summed E-state index contributed by atoms with van der Waals surface area (Å²) in [5.74, 6) is -3.58. The van der Waals surface area contributed by atoms with Crippen LogP contribution in [0.5, 0.6) is 0 Å². The Morgan fingerprint density at radius 3 is 1.31 bits per heavy atom. The topological polar surface area (TPSA) is 189 Å². The smallest absolute Gasteiger partial charge is 0.243 e. The summed E-state index contributed by atoms with van der Waals surface area (Å²) in [6, 6.07) is 13.1. The molecule has 7 N–H and O–H groups in total. The third-order valence-electron chi connectivity index (χ3n) is 7.85. The lowest BCUT2D eigenvalue weighted by Crippen LogP contribution is -2.60. The Labute approximate surface area is 290 Å². The molecule has 0 saturated heterocycles. The molecule has 12 nitrogen and oxygen atoms in total. The Morgan fingerprint density at radius 2 is 0.918 bits per heavy atom. The lowest BCUT2D eigenvalue weighted by atomic mass is 9.98. The van der Waals surface area contributed by atoms with E-state index >= 15 is 0 Å². The SMILES string of the molecule is CC(=O)N[C@@H](CC(C)C)C(=O)N[C@H](C(=O)N[C@@H](Cc1ccccc1)C(=O)N[C@@H](Cc1ccccc1)C(=O)N[C@@H](CC(C)C)C(N)=O)C(C)C. The molecular formula is C37H54N6O6. The van der Waals surface area contributed by atoms with Gasteiger partial charge in [-0.05, 0) is 41.7 Å². The van der Waals surface area contributed by atoms with E-state index in [2.05, 4.69) is 26.6 Å². The maximum absolute atomic E-state index is 14.0. The first-order valence-corrected chi connectivity index (χ1v) is 16.9. The molecule has 0 radical (unpaired) electrons. The highest BCUT2D eigenvalue weighted by molar-refractivity contribution is 5.96. The Bertz CT molecular complexity index is 1400. The number of primary amides is 1. The van der Waals surface area contributed by atoms with Gasteiger partial charge in [-0.25, -0.2) is 0 Å². The van der Waals surface area contributed by atoms with E-state index in [1.807, 2.05) is 88.4 Å². The predicted octanol–water partition coefficient (Wildman–Crippen LogP) is 2.15. The standard InChI is InChI=1S/C37H54N6O6/c1-22(2)18-28(33(38)45)40-34(46)30(20-26-14-10-8-11-15-26)41-35(47)31(21-27-16-12-9-13-17-27)42-37(49)32(24(5)6)43-36(48)29(19-23(3)4)39-25(7)44/h8-17,22-24,28-32H,18-21H2,1-7H3,(H2,38,45)(H,39,44)(H,40,46)(H,41,47)(H,42,49)(H,43,48)/t28-,29-,30-,31-,32-/m0/s1. The van der Waals surface area contributed by atoms with Crippen LogP contribution in [-0.4, -0.2) is 65.7 Å². The fourth-order valence-electron chi connectivity index (χ4n) is 5.38. The number of hydrogen-bond acceptors (Lipinski definition) is 6. The monoisotopic (exact) mass is 678 g/mol. The van der Waals surface area contributed by atoms with Crippen LogP contribution in [0.1, 0.15) is 72.4 Å². The van der Waals surface area contributed by atoms with Gasteiger partial charge < -0.3 is 32.3 Å². The van der Waals surface area contributed by atoms with E-state index in [0.29, 0.717) is 12.8 Å². The molecule has 0 bridgehead atoms. The van der Waals surface area contributed by atoms with E-state index in [1.54, 1.807) is 13.8 Å². The summed E-state index contributed by atoms with van der Waals surface area (Å²) >= 11 is 0. The van der Waals surface area contributed by atoms with Crippen molar-refractivity contribution in [2.75, 3.05) is 0 Å². The Morgan fingerprint density at radius 1 is 0.531 bits per heavy atom. The highest BCUT2D eigenvalue weighted by atomic mass is 16.2. The quantitative estimate of drug-likeness (QED) is 0.132. The Balaban J connectivity index is 2.39. The Hall–Kier alpha value is -4.74. The van der Waals surface area contributed by atoms with Crippen LogP contribution in [0.4, 0.5) is 0 Å². The average molecular weight is 679 g/mol. The van der Waals surface area contributed by atoms with Gasteiger partial charge in [-0.1, -0.05) is 102 Å². The minimum Gasteiger partial charge on any atom is -0.368 e. The van der Waals surface area contributed by atoms with Crippen LogP contribution in [-0.2, 0) is 41.6 Å². The molecule has 0 aliphatic rings. The molecule has 2 rings (SSSR count). The number of nitrogens with one attached hydrogen (secondary N) is 5. The van der Waals surface area contributed by atoms with E-state index in [-0.39, 0.29) is 36.5 Å². The number of benzene rings is 2. The minimum absolute atomic E-state index is 0.0683. The molecule has 2 aromatic carbocycles. The summed E-state index contributed by atoms with van der Waals surface area (Å²) in [6.45, 7) is 12.5. The van der Waals surface area contributed by atoms with E-state index in [1.165, 1.54) is 6.92 Å². The molecular weight excluding hydrogens is 624 g/mol. The van der Waals surface area contributed by atoms with E-state index in [0.717, 1.165) is 11.1 Å². The van der Waals surface area contributed by atoms with Gasteiger partial charge >= 0.3 is 0 Å². The van der Waals surface area contributed by atoms with Crippen molar-refractivity contribution in [2.24, 2.45) is 23.5 Å². The van der Waals surface area contributed by atoms with Crippen LogP contribution in [0.15, 0.2) is 60.7 Å². The molecule has 268 valence electrons. The van der Waals surface area contributed by atoms with Crippen molar-refractivity contribution >= 4 is 35.4 Å². The third-order valence-corrected chi connectivity index (χ3v) is 7.85. The second-order valence-corrected chi connectivity index (χ2v) is 13.7. The summed E-state index contributed by atoms with van der Waals surface area (Å²) in [4.78, 5) is 78.7. The van der Waals surface area contributed by atoms with Gasteiger partial charge in [0.05, 0.1) is 0 Å². The van der Waals surface area contributed by atoms with Gasteiger partial charge in [0.1, 0.15) is 30.2 Å². The molecule has 0 spiro atoms. The zero-order valence-corrected chi connectivity index (χ0v) is 29.7. The molecule has 0 aromatic heterocycles. The molecule has 0 unspecified atom stereocenters. The van der Waals surface area contributed by atoms with Gasteiger partial charge in [0.2, 0.25) is 35.4 Å².